The molecule has 0 aliphatic carbocycles. The minimum Gasteiger partial charge on any atom is -0.306 e. The summed E-state index contributed by atoms with van der Waals surface area (Å²) < 4.78 is 0. The van der Waals surface area contributed by atoms with Gasteiger partial charge in [0.25, 0.3) is 0 Å². The van der Waals surface area contributed by atoms with Crippen molar-refractivity contribution in [1.82, 2.24) is 24.8 Å². The molecule has 1 saturated heterocycles. The summed E-state index contributed by atoms with van der Waals surface area (Å²) in [6, 6.07) is 38.1. The molecule has 1 aliphatic heterocycles. The van der Waals surface area contributed by atoms with Crippen molar-refractivity contribution in [2.75, 3.05) is 13.1 Å². The maximum Gasteiger partial charge on any atom is 0.323 e. The van der Waals surface area contributed by atoms with E-state index in [9.17, 15) is 4.79 Å². The zero-order valence-corrected chi connectivity index (χ0v) is 23.8. The first-order chi connectivity index (χ1) is 21.2. The Balaban J connectivity index is 1.04. The van der Waals surface area contributed by atoms with Gasteiger partial charge in [-0.15, -0.1) is 0 Å². The maximum absolute atomic E-state index is 11.6. The number of hydrogen-bond acceptors (Lipinski definition) is 4. The van der Waals surface area contributed by atoms with Crippen LogP contribution >= 0.6 is 0 Å². The summed E-state index contributed by atoms with van der Waals surface area (Å²) >= 11 is 0. The number of fused-ring (bicyclic) bond motifs is 4. The topological polar surface area (TPSA) is 77.7 Å². The quantitative estimate of drug-likeness (QED) is 0.212. The number of nitrogens with zero attached hydrogens (tertiary/aromatic N) is 3. The third kappa shape index (κ3) is 4.90. The van der Waals surface area contributed by atoms with Gasteiger partial charge in [0.1, 0.15) is 0 Å². The SMILES string of the molecule is O=c1[nH]c2ccc(C3CCN(Cc4ccc(-c5nc6ccc7ccccc7c6nc5-c5ccccc5)cc4)CC3)cc2[nH]1. The Morgan fingerprint density at radius 3 is 2.26 bits per heavy atom. The van der Waals surface area contributed by atoms with Crippen LogP contribution in [0, 0.1) is 0 Å². The number of aromatic amines is 2. The monoisotopic (exact) mass is 561 g/mol. The molecule has 1 fully saturated rings. The molecule has 210 valence electrons. The number of rotatable bonds is 5. The summed E-state index contributed by atoms with van der Waals surface area (Å²) in [6.07, 6.45) is 2.22. The molecule has 5 aromatic carbocycles. The van der Waals surface area contributed by atoms with Crippen LogP contribution in [0.4, 0.5) is 0 Å². The van der Waals surface area contributed by atoms with Gasteiger partial charge < -0.3 is 9.97 Å². The Morgan fingerprint density at radius 1 is 0.698 bits per heavy atom. The Bertz CT molecular complexity index is 2140. The molecule has 2 N–H and O–H groups in total. The fourth-order valence-corrected chi connectivity index (χ4v) is 6.54. The molecule has 0 amide bonds. The smallest absolute Gasteiger partial charge is 0.306 e. The van der Waals surface area contributed by atoms with Crippen molar-refractivity contribution in [1.29, 1.82) is 0 Å². The summed E-state index contributed by atoms with van der Waals surface area (Å²) in [4.78, 5) is 30.3. The number of piperidine rings is 1. The molecular formula is C37H31N5O. The minimum absolute atomic E-state index is 0.148. The average Bonchev–Trinajstić information content (AvgIpc) is 3.44. The fourth-order valence-electron chi connectivity index (χ4n) is 6.54. The van der Waals surface area contributed by atoms with E-state index in [0.717, 1.165) is 82.4 Å². The standard InChI is InChI=1S/C37H31N5O/c43-37-39-31-16-15-29(22-33(31)40-37)25-18-20-42(21-19-25)23-24-10-12-28(13-11-24)34-35(27-7-2-1-3-8-27)41-36-30-9-5-4-6-26(30)14-17-32(36)38-34/h1-17,22,25H,18-21,23H2,(H2,39,40,43). The Labute approximate surface area is 249 Å². The van der Waals surface area contributed by atoms with E-state index >= 15 is 0 Å². The Morgan fingerprint density at radius 2 is 1.42 bits per heavy atom. The summed E-state index contributed by atoms with van der Waals surface area (Å²) in [5.74, 6) is 0.515. The minimum atomic E-state index is -0.148. The lowest BCUT2D eigenvalue weighted by atomic mass is 9.89. The van der Waals surface area contributed by atoms with E-state index in [2.05, 4.69) is 112 Å². The second-order valence-corrected chi connectivity index (χ2v) is 11.6. The molecule has 3 heterocycles. The predicted molar refractivity (Wildman–Crippen MR) is 174 cm³/mol. The van der Waals surface area contributed by atoms with Crippen molar-refractivity contribution in [2.24, 2.45) is 0 Å². The van der Waals surface area contributed by atoms with E-state index in [1.54, 1.807) is 0 Å². The van der Waals surface area contributed by atoms with Gasteiger partial charge in [-0.1, -0.05) is 91.0 Å². The van der Waals surface area contributed by atoms with Crippen LogP contribution < -0.4 is 5.69 Å². The van der Waals surface area contributed by atoms with Gasteiger partial charge in [-0.2, -0.15) is 0 Å². The highest BCUT2D eigenvalue weighted by Gasteiger charge is 2.21. The number of aromatic nitrogens is 4. The van der Waals surface area contributed by atoms with Gasteiger partial charge in [-0.25, -0.2) is 14.8 Å². The van der Waals surface area contributed by atoms with E-state index in [4.69, 9.17) is 9.97 Å². The Kier molecular flexibility index (Phi) is 6.34. The molecule has 6 nitrogen and oxygen atoms in total. The highest BCUT2D eigenvalue weighted by Crippen LogP contribution is 2.34. The normalized spacial score (nSPS) is 14.6. The van der Waals surface area contributed by atoms with Crippen LogP contribution in [0.15, 0.2) is 114 Å². The lowest BCUT2D eigenvalue weighted by Gasteiger charge is -2.32. The predicted octanol–water partition coefficient (Wildman–Crippen LogP) is 7.67. The lowest BCUT2D eigenvalue weighted by molar-refractivity contribution is 0.204. The number of imidazole rings is 1. The van der Waals surface area contributed by atoms with Gasteiger partial charge >= 0.3 is 5.69 Å². The van der Waals surface area contributed by atoms with Crippen molar-refractivity contribution in [3.8, 4) is 22.5 Å². The first kappa shape index (κ1) is 25.6. The second-order valence-electron chi connectivity index (χ2n) is 11.6. The number of benzene rings is 5. The summed E-state index contributed by atoms with van der Waals surface area (Å²) in [5.41, 5.74) is 10.0. The Hall–Kier alpha value is -5.07. The van der Waals surface area contributed by atoms with Gasteiger partial charge in [0.2, 0.25) is 0 Å². The van der Waals surface area contributed by atoms with Crippen LogP contribution in [0.1, 0.15) is 29.9 Å². The molecule has 0 bridgehead atoms. The van der Waals surface area contributed by atoms with Crippen molar-refractivity contribution in [3.05, 3.63) is 131 Å². The van der Waals surface area contributed by atoms with E-state index in [0.29, 0.717) is 5.92 Å². The lowest BCUT2D eigenvalue weighted by Crippen LogP contribution is -2.32. The third-order valence-electron chi connectivity index (χ3n) is 8.84. The molecule has 0 radical (unpaired) electrons. The highest BCUT2D eigenvalue weighted by atomic mass is 16.1. The van der Waals surface area contributed by atoms with Gasteiger partial charge in [-0.05, 0) is 66.6 Å². The van der Waals surface area contributed by atoms with Crippen molar-refractivity contribution in [2.45, 2.75) is 25.3 Å². The van der Waals surface area contributed by atoms with Gasteiger partial charge in [0, 0.05) is 23.1 Å². The van der Waals surface area contributed by atoms with E-state index in [1.165, 1.54) is 16.5 Å². The van der Waals surface area contributed by atoms with Crippen LogP contribution in [-0.2, 0) is 6.54 Å². The molecule has 0 saturated carbocycles. The zero-order chi connectivity index (χ0) is 28.8. The number of nitrogens with one attached hydrogen (secondary N) is 2. The number of hydrogen-bond donors (Lipinski definition) is 2. The third-order valence-corrected chi connectivity index (χ3v) is 8.84. The molecule has 0 spiro atoms. The fraction of sp³-hybridized carbons (Fsp3) is 0.162. The molecule has 1 aliphatic rings. The van der Waals surface area contributed by atoms with Crippen LogP contribution in [-0.4, -0.2) is 37.9 Å². The summed E-state index contributed by atoms with van der Waals surface area (Å²) in [7, 11) is 0. The van der Waals surface area contributed by atoms with Crippen LogP contribution in [0.25, 0.3) is 55.4 Å². The molecule has 0 atom stereocenters. The molecule has 6 heteroatoms. The van der Waals surface area contributed by atoms with Crippen molar-refractivity contribution >= 4 is 32.8 Å². The van der Waals surface area contributed by atoms with Gasteiger partial charge in [0.15, 0.2) is 0 Å². The largest absolute Gasteiger partial charge is 0.323 e. The first-order valence-corrected chi connectivity index (χ1v) is 15.0. The van der Waals surface area contributed by atoms with Crippen LogP contribution in [0.3, 0.4) is 0 Å². The zero-order valence-electron chi connectivity index (χ0n) is 23.8. The van der Waals surface area contributed by atoms with Gasteiger partial charge in [-0.3, -0.25) is 4.90 Å². The van der Waals surface area contributed by atoms with E-state index in [-0.39, 0.29) is 5.69 Å². The number of likely N-dealkylation sites (tertiary alicyclic amines) is 1. The molecule has 7 aromatic rings. The first-order valence-electron chi connectivity index (χ1n) is 15.0. The van der Waals surface area contributed by atoms with Gasteiger partial charge in [0.05, 0.1) is 33.5 Å². The molecular weight excluding hydrogens is 530 g/mol. The second kappa shape index (κ2) is 10.6. The summed E-state index contributed by atoms with van der Waals surface area (Å²) in [5, 5.41) is 2.29. The highest BCUT2D eigenvalue weighted by molar-refractivity contribution is 6.05. The average molecular weight is 562 g/mol. The van der Waals surface area contributed by atoms with Crippen molar-refractivity contribution < 1.29 is 0 Å². The maximum atomic E-state index is 11.6. The molecule has 2 aromatic heterocycles. The van der Waals surface area contributed by atoms with Crippen LogP contribution in [0.2, 0.25) is 0 Å². The van der Waals surface area contributed by atoms with E-state index in [1.807, 2.05) is 12.1 Å². The molecule has 0 unspecified atom stereocenters. The molecule has 43 heavy (non-hydrogen) atoms. The number of H-pyrrole nitrogens is 2. The van der Waals surface area contributed by atoms with Crippen LogP contribution in [0.5, 0.6) is 0 Å². The molecule has 8 rings (SSSR count). The van der Waals surface area contributed by atoms with E-state index < -0.39 is 0 Å². The van der Waals surface area contributed by atoms with Crippen molar-refractivity contribution in [3.63, 3.8) is 0 Å². The summed E-state index contributed by atoms with van der Waals surface area (Å²) in [6.45, 7) is 3.03.